The van der Waals surface area contributed by atoms with Crippen LogP contribution >= 0.6 is 46.0 Å². The summed E-state index contributed by atoms with van der Waals surface area (Å²) in [6, 6.07) is 22.6. The van der Waals surface area contributed by atoms with Gasteiger partial charge < -0.3 is 19.5 Å². The maximum Gasteiger partial charge on any atom is 0.294 e. The standard InChI is InChI=1S/C32H26ClIN2O6S/c1-3-41-27-14-19(13-25(34)30(27)42-18-21-9-6-8-20-7-4-5-10-23(20)21)15-28-31(38)36(32(39)43-28)17-29(37)35-22-11-12-26(40-2)24(33)16-22/h4-16H,3,17-18H2,1-2H3,(H,35,37)/b28-15+. The van der Waals surface area contributed by atoms with Crippen LogP contribution in [-0.2, 0) is 16.2 Å². The minimum absolute atomic E-state index is 0.202. The van der Waals surface area contributed by atoms with E-state index in [1.165, 1.54) is 13.2 Å². The van der Waals surface area contributed by atoms with E-state index in [1.807, 2.05) is 37.3 Å². The lowest BCUT2D eigenvalue weighted by Crippen LogP contribution is -2.36. The van der Waals surface area contributed by atoms with Gasteiger partial charge in [0, 0.05) is 5.69 Å². The van der Waals surface area contributed by atoms with Crippen LogP contribution < -0.4 is 19.5 Å². The molecular weight excluding hydrogens is 703 g/mol. The Labute approximate surface area is 271 Å². The van der Waals surface area contributed by atoms with Crippen molar-refractivity contribution in [2.24, 2.45) is 0 Å². The van der Waals surface area contributed by atoms with Crippen molar-refractivity contribution < 1.29 is 28.6 Å². The third-order valence-corrected chi connectivity index (χ3v) is 8.50. The van der Waals surface area contributed by atoms with Crippen molar-refractivity contribution in [3.63, 3.8) is 0 Å². The lowest BCUT2D eigenvalue weighted by molar-refractivity contribution is -0.127. The molecule has 1 aliphatic rings. The zero-order valence-corrected chi connectivity index (χ0v) is 26.9. The van der Waals surface area contributed by atoms with Crippen LogP contribution in [0.3, 0.4) is 0 Å². The van der Waals surface area contributed by atoms with Crippen LogP contribution in [0.15, 0.2) is 77.7 Å². The van der Waals surface area contributed by atoms with Gasteiger partial charge in [-0.1, -0.05) is 54.1 Å². The first-order valence-corrected chi connectivity index (χ1v) is 15.5. The molecule has 43 heavy (non-hydrogen) atoms. The molecule has 1 aliphatic heterocycles. The fraction of sp³-hybridized carbons (Fsp3) is 0.156. The lowest BCUT2D eigenvalue weighted by Gasteiger charge is -2.16. The first kappa shape index (κ1) is 30.7. The molecule has 0 aliphatic carbocycles. The number of hydrogen-bond acceptors (Lipinski definition) is 7. The first-order valence-electron chi connectivity index (χ1n) is 13.2. The van der Waals surface area contributed by atoms with Gasteiger partial charge in [-0.2, -0.15) is 0 Å². The number of imide groups is 1. The third-order valence-electron chi connectivity index (χ3n) is 6.49. The van der Waals surface area contributed by atoms with E-state index < -0.39 is 23.6 Å². The molecule has 0 radical (unpaired) electrons. The molecule has 1 heterocycles. The van der Waals surface area contributed by atoms with Gasteiger partial charge in [0.25, 0.3) is 11.1 Å². The number of carbonyl (C=O) groups excluding carboxylic acids is 3. The predicted molar refractivity (Wildman–Crippen MR) is 178 cm³/mol. The number of anilines is 1. The molecule has 5 rings (SSSR count). The summed E-state index contributed by atoms with van der Waals surface area (Å²) in [7, 11) is 1.49. The number of rotatable bonds is 10. The highest BCUT2D eigenvalue weighted by Crippen LogP contribution is 2.38. The summed E-state index contributed by atoms with van der Waals surface area (Å²) in [5, 5.41) is 4.69. The number of methoxy groups -OCH3 is 1. The smallest absolute Gasteiger partial charge is 0.294 e. The maximum atomic E-state index is 13.1. The van der Waals surface area contributed by atoms with Crippen molar-refractivity contribution in [3.8, 4) is 17.2 Å². The zero-order valence-electron chi connectivity index (χ0n) is 23.2. The van der Waals surface area contributed by atoms with Crippen molar-refractivity contribution >= 4 is 85.5 Å². The Hall–Kier alpha value is -3.74. The largest absolute Gasteiger partial charge is 0.495 e. The summed E-state index contributed by atoms with van der Waals surface area (Å²) in [6.07, 6.45) is 1.62. The second kappa shape index (κ2) is 13.7. The van der Waals surface area contributed by atoms with E-state index in [-0.39, 0.29) is 4.91 Å². The van der Waals surface area contributed by atoms with E-state index in [0.717, 1.165) is 36.6 Å². The van der Waals surface area contributed by atoms with E-state index in [0.29, 0.717) is 46.7 Å². The number of halogens is 2. The van der Waals surface area contributed by atoms with Crippen molar-refractivity contribution in [2.45, 2.75) is 13.5 Å². The number of ether oxygens (including phenoxy) is 3. The summed E-state index contributed by atoms with van der Waals surface area (Å²) in [4.78, 5) is 39.5. The molecule has 0 spiro atoms. The van der Waals surface area contributed by atoms with Crippen LogP contribution in [0.1, 0.15) is 18.1 Å². The van der Waals surface area contributed by atoms with Crippen molar-refractivity contribution in [3.05, 3.63) is 97.4 Å². The number of benzene rings is 4. The van der Waals surface area contributed by atoms with E-state index in [1.54, 1.807) is 24.3 Å². The first-order chi connectivity index (χ1) is 20.8. The fourth-order valence-corrected chi connectivity index (χ4v) is 6.40. The number of thioether (sulfide) groups is 1. The highest BCUT2D eigenvalue weighted by atomic mass is 127. The number of carbonyl (C=O) groups is 3. The van der Waals surface area contributed by atoms with Gasteiger partial charge in [-0.25, -0.2) is 0 Å². The number of fused-ring (bicyclic) bond motifs is 1. The van der Waals surface area contributed by atoms with Gasteiger partial charge in [-0.3, -0.25) is 19.3 Å². The fourth-order valence-electron chi connectivity index (χ4n) is 4.52. The molecule has 11 heteroatoms. The molecule has 0 atom stereocenters. The summed E-state index contributed by atoms with van der Waals surface area (Å²) in [6.45, 7) is 2.20. The average Bonchev–Trinajstić information content (AvgIpc) is 3.24. The quantitative estimate of drug-likeness (QED) is 0.132. The minimum Gasteiger partial charge on any atom is -0.495 e. The summed E-state index contributed by atoms with van der Waals surface area (Å²) >= 11 is 9.07. The van der Waals surface area contributed by atoms with Gasteiger partial charge in [0.05, 0.1) is 27.2 Å². The van der Waals surface area contributed by atoms with E-state index in [2.05, 4.69) is 46.1 Å². The van der Waals surface area contributed by atoms with Crippen LogP contribution in [0.25, 0.3) is 16.8 Å². The molecule has 4 aromatic carbocycles. The third kappa shape index (κ3) is 7.09. The van der Waals surface area contributed by atoms with Crippen LogP contribution in [0.5, 0.6) is 17.2 Å². The Morgan fingerprint density at radius 1 is 1.02 bits per heavy atom. The van der Waals surface area contributed by atoms with Gasteiger partial charge in [0.1, 0.15) is 18.9 Å². The molecule has 1 N–H and O–H groups in total. The Morgan fingerprint density at radius 2 is 1.81 bits per heavy atom. The monoisotopic (exact) mass is 728 g/mol. The zero-order chi connectivity index (χ0) is 30.5. The van der Waals surface area contributed by atoms with Crippen LogP contribution in [0.4, 0.5) is 10.5 Å². The second-order valence-electron chi connectivity index (χ2n) is 9.36. The van der Waals surface area contributed by atoms with Gasteiger partial charge >= 0.3 is 0 Å². The minimum atomic E-state index is -0.554. The maximum absolute atomic E-state index is 13.1. The predicted octanol–water partition coefficient (Wildman–Crippen LogP) is 7.76. The molecule has 3 amide bonds. The average molecular weight is 729 g/mol. The summed E-state index contributed by atoms with van der Waals surface area (Å²) in [5.74, 6) is 0.490. The summed E-state index contributed by atoms with van der Waals surface area (Å²) < 4.78 is 18.1. The Kier molecular flexibility index (Phi) is 9.79. The SMILES string of the molecule is CCOc1cc(/C=C2/SC(=O)N(CC(=O)Nc3ccc(OC)c(Cl)c3)C2=O)cc(I)c1OCc1cccc2ccccc12. The molecule has 1 fully saturated rings. The normalized spacial score (nSPS) is 14.0. The van der Waals surface area contributed by atoms with Crippen LogP contribution in [-0.4, -0.2) is 42.2 Å². The molecular formula is C32H26ClIN2O6S. The number of nitrogens with zero attached hydrogens (tertiary/aromatic N) is 1. The van der Waals surface area contributed by atoms with Gasteiger partial charge in [0.2, 0.25) is 5.91 Å². The molecule has 1 saturated heterocycles. The second-order valence-corrected chi connectivity index (χ2v) is 11.9. The van der Waals surface area contributed by atoms with E-state index in [9.17, 15) is 14.4 Å². The molecule has 8 nitrogen and oxygen atoms in total. The molecule has 0 aromatic heterocycles. The highest BCUT2D eigenvalue weighted by Gasteiger charge is 2.36. The van der Waals surface area contributed by atoms with Crippen molar-refractivity contribution in [1.82, 2.24) is 4.90 Å². The molecule has 0 bridgehead atoms. The number of hydrogen-bond donors (Lipinski definition) is 1. The van der Waals surface area contributed by atoms with E-state index >= 15 is 0 Å². The van der Waals surface area contributed by atoms with Crippen LogP contribution in [0.2, 0.25) is 5.02 Å². The number of nitrogens with one attached hydrogen (secondary N) is 1. The topological polar surface area (TPSA) is 94.2 Å². The van der Waals surface area contributed by atoms with E-state index in [4.69, 9.17) is 25.8 Å². The van der Waals surface area contributed by atoms with Gasteiger partial charge in [-0.05, 0) is 99.6 Å². The number of amides is 3. The molecule has 220 valence electrons. The van der Waals surface area contributed by atoms with Crippen LogP contribution in [0, 0.1) is 3.57 Å². The molecule has 0 unspecified atom stereocenters. The lowest BCUT2D eigenvalue weighted by atomic mass is 10.1. The Bertz CT molecular complexity index is 1760. The molecule has 4 aromatic rings. The highest BCUT2D eigenvalue weighted by molar-refractivity contribution is 14.1. The Morgan fingerprint density at radius 3 is 2.58 bits per heavy atom. The van der Waals surface area contributed by atoms with Crippen molar-refractivity contribution in [1.29, 1.82) is 0 Å². The van der Waals surface area contributed by atoms with Crippen molar-refractivity contribution in [2.75, 3.05) is 25.6 Å². The van der Waals surface area contributed by atoms with Gasteiger partial charge in [0.15, 0.2) is 11.5 Å². The van der Waals surface area contributed by atoms with Gasteiger partial charge in [-0.15, -0.1) is 0 Å². The molecule has 0 saturated carbocycles. The summed E-state index contributed by atoms with van der Waals surface area (Å²) in [5.41, 5.74) is 2.13. The Balaban J connectivity index is 1.31.